The number of carbonyl (C=O) groups excluding carboxylic acids is 1. The van der Waals surface area contributed by atoms with Gasteiger partial charge in [-0.2, -0.15) is 4.99 Å². The summed E-state index contributed by atoms with van der Waals surface area (Å²) in [4.78, 5) is 18.0. The third-order valence-corrected chi connectivity index (χ3v) is 5.95. The molecule has 23 heavy (non-hydrogen) atoms. The number of benzene rings is 1. The first-order valence-corrected chi connectivity index (χ1v) is 9.61. The standard InChI is InChI=1S/C19H26N2OS/c1-4-10-21-16-12-13(2)11-14(3)17(16)23-19(21)20-18(22)15-8-6-5-7-9-15/h11-12,15H,4-10H2,1-3H3. The van der Waals surface area contributed by atoms with E-state index in [2.05, 4.69) is 42.5 Å². The van der Waals surface area contributed by atoms with Crippen molar-refractivity contribution in [1.82, 2.24) is 4.57 Å². The normalized spacial score (nSPS) is 17.1. The van der Waals surface area contributed by atoms with Crippen LogP contribution in [-0.4, -0.2) is 10.5 Å². The van der Waals surface area contributed by atoms with Gasteiger partial charge in [-0.05, 0) is 50.3 Å². The first-order chi connectivity index (χ1) is 11.1. The van der Waals surface area contributed by atoms with Crippen LogP contribution in [0.15, 0.2) is 17.1 Å². The first-order valence-electron chi connectivity index (χ1n) is 8.79. The number of fused-ring (bicyclic) bond motifs is 1. The highest BCUT2D eigenvalue weighted by Gasteiger charge is 2.21. The van der Waals surface area contributed by atoms with E-state index < -0.39 is 0 Å². The van der Waals surface area contributed by atoms with E-state index in [4.69, 9.17) is 0 Å². The molecule has 4 heteroatoms. The van der Waals surface area contributed by atoms with E-state index in [1.807, 2.05) is 0 Å². The van der Waals surface area contributed by atoms with Crippen LogP contribution in [0.4, 0.5) is 0 Å². The van der Waals surface area contributed by atoms with Crippen molar-refractivity contribution in [2.24, 2.45) is 10.9 Å². The Morgan fingerprint density at radius 1 is 1.26 bits per heavy atom. The van der Waals surface area contributed by atoms with Gasteiger partial charge >= 0.3 is 0 Å². The summed E-state index contributed by atoms with van der Waals surface area (Å²) in [6.07, 6.45) is 6.68. The minimum Gasteiger partial charge on any atom is -0.316 e. The molecular weight excluding hydrogens is 304 g/mol. The second kappa shape index (κ2) is 7.00. The molecule has 0 spiro atoms. The van der Waals surface area contributed by atoms with Crippen molar-refractivity contribution in [1.29, 1.82) is 0 Å². The smallest absolute Gasteiger partial charge is 0.251 e. The predicted octanol–water partition coefficient (Wildman–Crippen LogP) is 4.74. The van der Waals surface area contributed by atoms with E-state index >= 15 is 0 Å². The zero-order valence-corrected chi connectivity index (χ0v) is 15.2. The SMILES string of the molecule is CCCn1c(=NC(=O)C2CCCCC2)sc2c(C)cc(C)cc21. The molecule has 0 saturated heterocycles. The van der Waals surface area contributed by atoms with Gasteiger partial charge in [0.1, 0.15) is 0 Å². The number of carbonyl (C=O) groups is 1. The van der Waals surface area contributed by atoms with Crippen molar-refractivity contribution >= 4 is 27.5 Å². The molecule has 1 aromatic carbocycles. The Bertz CT molecular complexity index is 778. The number of thiazole rings is 1. The molecule has 2 aromatic rings. The molecule has 124 valence electrons. The number of hydrogen-bond donors (Lipinski definition) is 0. The summed E-state index contributed by atoms with van der Waals surface area (Å²) in [5, 5.41) is 0. The van der Waals surface area contributed by atoms with Crippen molar-refractivity contribution in [3.8, 4) is 0 Å². The van der Waals surface area contributed by atoms with Gasteiger partial charge in [-0.1, -0.05) is 43.6 Å². The second-order valence-electron chi connectivity index (χ2n) is 6.75. The number of hydrogen-bond acceptors (Lipinski definition) is 2. The van der Waals surface area contributed by atoms with Crippen LogP contribution < -0.4 is 4.80 Å². The van der Waals surface area contributed by atoms with E-state index in [0.717, 1.165) is 30.6 Å². The van der Waals surface area contributed by atoms with E-state index in [9.17, 15) is 4.79 Å². The molecule has 0 N–H and O–H groups in total. The summed E-state index contributed by atoms with van der Waals surface area (Å²) in [6.45, 7) is 7.37. The average molecular weight is 330 g/mol. The number of aryl methyl sites for hydroxylation is 3. The van der Waals surface area contributed by atoms with Crippen LogP contribution in [0, 0.1) is 19.8 Å². The molecule has 1 fully saturated rings. The largest absolute Gasteiger partial charge is 0.316 e. The zero-order chi connectivity index (χ0) is 16.4. The van der Waals surface area contributed by atoms with Gasteiger partial charge in [0.25, 0.3) is 5.91 Å². The van der Waals surface area contributed by atoms with E-state index in [0.29, 0.717) is 0 Å². The molecule has 1 aliphatic carbocycles. The lowest BCUT2D eigenvalue weighted by Crippen LogP contribution is -2.22. The lowest BCUT2D eigenvalue weighted by Gasteiger charge is -2.17. The van der Waals surface area contributed by atoms with Crippen molar-refractivity contribution in [3.05, 3.63) is 28.1 Å². The van der Waals surface area contributed by atoms with Crippen LogP contribution in [-0.2, 0) is 11.3 Å². The molecular formula is C19H26N2OS. The molecule has 1 amide bonds. The molecule has 0 radical (unpaired) electrons. The predicted molar refractivity (Wildman–Crippen MR) is 96.7 cm³/mol. The Morgan fingerprint density at radius 3 is 2.70 bits per heavy atom. The van der Waals surface area contributed by atoms with Crippen LogP contribution >= 0.6 is 11.3 Å². The molecule has 0 unspecified atom stereocenters. The fraction of sp³-hybridized carbons (Fsp3) is 0.579. The van der Waals surface area contributed by atoms with Crippen LogP contribution in [0.5, 0.6) is 0 Å². The summed E-state index contributed by atoms with van der Waals surface area (Å²) in [5.74, 6) is 0.238. The Morgan fingerprint density at radius 2 is 2.00 bits per heavy atom. The quantitative estimate of drug-likeness (QED) is 0.800. The Hall–Kier alpha value is -1.42. The van der Waals surface area contributed by atoms with Crippen LogP contribution in [0.25, 0.3) is 10.2 Å². The molecule has 1 heterocycles. The molecule has 3 nitrogen and oxygen atoms in total. The molecule has 0 atom stereocenters. The van der Waals surface area contributed by atoms with Gasteiger partial charge in [0.2, 0.25) is 0 Å². The van der Waals surface area contributed by atoms with Gasteiger partial charge in [0.15, 0.2) is 4.80 Å². The third-order valence-electron chi connectivity index (χ3n) is 4.72. The first kappa shape index (κ1) is 16.4. The second-order valence-corrected chi connectivity index (χ2v) is 7.73. The Kier molecular flexibility index (Phi) is 5.00. The highest BCUT2D eigenvalue weighted by molar-refractivity contribution is 7.16. The van der Waals surface area contributed by atoms with Crippen molar-refractivity contribution in [3.63, 3.8) is 0 Å². The minimum absolute atomic E-state index is 0.0930. The van der Waals surface area contributed by atoms with Gasteiger partial charge in [-0.15, -0.1) is 0 Å². The number of amides is 1. The van der Waals surface area contributed by atoms with E-state index in [1.54, 1.807) is 11.3 Å². The highest BCUT2D eigenvalue weighted by Crippen LogP contribution is 2.26. The lowest BCUT2D eigenvalue weighted by molar-refractivity contribution is -0.122. The topological polar surface area (TPSA) is 34.4 Å². The minimum atomic E-state index is 0.0930. The van der Waals surface area contributed by atoms with Gasteiger partial charge in [-0.3, -0.25) is 4.79 Å². The summed E-state index contributed by atoms with van der Waals surface area (Å²) < 4.78 is 3.50. The molecule has 0 aliphatic heterocycles. The molecule has 1 aliphatic rings. The Labute approximate surface area is 142 Å². The summed E-state index contributed by atoms with van der Waals surface area (Å²) >= 11 is 1.67. The van der Waals surface area contributed by atoms with Crippen molar-refractivity contribution in [2.75, 3.05) is 0 Å². The van der Waals surface area contributed by atoms with Crippen LogP contribution in [0.2, 0.25) is 0 Å². The van der Waals surface area contributed by atoms with Gasteiger partial charge in [0, 0.05) is 12.5 Å². The number of aromatic nitrogens is 1. The monoisotopic (exact) mass is 330 g/mol. The Balaban J connectivity index is 2.08. The zero-order valence-electron chi connectivity index (χ0n) is 14.4. The average Bonchev–Trinajstić information content (AvgIpc) is 2.87. The van der Waals surface area contributed by atoms with Gasteiger partial charge < -0.3 is 4.57 Å². The molecule has 1 aromatic heterocycles. The lowest BCUT2D eigenvalue weighted by atomic mass is 9.89. The van der Waals surface area contributed by atoms with Gasteiger partial charge in [-0.25, -0.2) is 0 Å². The maximum atomic E-state index is 12.6. The fourth-order valence-corrected chi connectivity index (χ4v) is 4.68. The summed E-state index contributed by atoms with van der Waals surface area (Å²) in [5.41, 5.74) is 3.77. The van der Waals surface area contributed by atoms with Crippen LogP contribution in [0.3, 0.4) is 0 Å². The molecule has 0 bridgehead atoms. The number of rotatable bonds is 3. The number of nitrogens with zero attached hydrogens (tertiary/aromatic N) is 2. The van der Waals surface area contributed by atoms with Crippen molar-refractivity contribution in [2.45, 2.75) is 65.8 Å². The maximum absolute atomic E-state index is 12.6. The highest BCUT2D eigenvalue weighted by atomic mass is 32.1. The maximum Gasteiger partial charge on any atom is 0.251 e. The van der Waals surface area contributed by atoms with Crippen molar-refractivity contribution < 1.29 is 4.79 Å². The van der Waals surface area contributed by atoms with E-state index in [1.165, 1.54) is 40.6 Å². The third kappa shape index (κ3) is 3.42. The molecule has 1 saturated carbocycles. The van der Waals surface area contributed by atoms with E-state index in [-0.39, 0.29) is 11.8 Å². The van der Waals surface area contributed by atoms with Gasteiger partial charge in [0.05, 0.1) is 10.2 Å². The summed E-state index contributed by atoms with van der Waals surface area (Å²) in [6, 6.07) is 4.43. The fourth-order valence-electron chi connectivity index (χ4n) is 3.57. The van der Waals surface area contributed by atoms with Crippen LogP contribution in [0.1, 0.15) is 56.6 Å². The summed E-state index contributed by atoms with van der Waals surface area (Å²) in [7, 11) is 0. The molecule has 3 rings (SSSR count).